The molecule has 2 aromatic carbocycles. The molecule has 0 bridgehead atoms. The van der Waals surface area contributed by atoms with E-state index in [4.69, 9.17) is 4.74 Å². The Labute approximate surface area is 175 Å². The fourth-order valence-corrected chi connectivity index (χ4v) is 5.15. The minimum Gasteiger partial charge on any atom is -0.480 e. The number of halogens is 4. The molecule has 0 aromatic heterocycles. The van der Waals surface area contributed by atoms with Gasteiger partial charge in [0.2, 0.25) is 0 Å². The molecule has 168 valence electrons. The van der Waals surface area contributed by atoms with Gasteiger partial charge < -0.3 is 14.6 Å². The second kappa shape index (κ2) is 8.46. The van der Waals surface area contributed by atoms with Crippen molar-refractivity contribution in [1.29, 1.82) is 0 Å². The van der Waals surface area contributed by atoms with E-state index in [1.54, 1.807) is 0 Å². The molecule has 3 rings (SSSR count). The molecule has 0 unspecified atom stereocenters. The van der Waals surface area contributed by atoms with Gasteiger partial charge in [0, 0.05) is 26.1 Å². The Kier molecular flexibility index (Phi) is 6.28. The molecule has 11 heteroatoms. The summed E-state index contributed by atoms with van der Waals surface area (Å²) in [7, 11) is -4.21. The van der Waals surface area contributed by atoms with Gasteiger partial charge in [-0.15, -0.1) is 0 Å². The highest BCUT2D eigenvalue weighted by Gasteiger charge is 2.52. The molecule has 0 atom stereocenters. The normalized spacial score (nSPS) is 16.8. The molecule has 0 aliphatic carbocycles. The van der Waals surface area contributed by atoms with Crippen LogP contribution < -0.4 is 4.74 Å². The second-order valence-electron chi connectivity index (χ2n) is 6.93. The van der Waals surface area contributed by atoms with Crippen molar-refractivity contribution in [2.24, 2.45) is 0 Å². The van der Waals surface area contributed by atoms with E-state index in [0.717, 1.165) is 12.1 Å². The van der Waals surface area contributed by atoms with Crippen LogP contribution in [-0.4, -0.2) is 50.0 Å². The molecular weight excluding hydrogens is 444 g/mol. The molecule has 2 aromatic rings. The summed E-state index contributed by atoms with van der Waals surface area (Å²) in [6, 6.07) is 10.3. The van der Waals surface area contributed by atoms with Crippen LogP contribution in [0.15, 0.2) is 53.4 Å². The Morgan fingerprint density at radius 1 is 1.00 bits per heavy atom. The molecule has 1 aliphatic heterocycles. The van der Waals surface area contributed by atoms with Gasteiger partial charge in [-0.25, -0.2) is 8.42 Å². The summed E-state index contributed by atoms with van der Waals surface area (Å²) in [5, 5.41) is 9.61. The van der Waals surface area contributed by atoms with Crippen molar-refractivity contribution < 1.29 is 45.4 Å². The number of carbonyl (C=O) groups is 1. The maximum absolute atomic E-state index is 13.0. The lowest BCUT2D eigenvalue weighted by atomic mass is 9.99. The number of benzene rings is 2. The van der Waals surface area contributed by atoms with Crippen LogP contribution in [0.1, 0.15) is 12.8 Å². The Hall–Kier alpha value is -2.66. The van der Waals surface area contributed by atoms with Gasteiger partial charge in [-0.3, -0.25) is 4.79 Å². The average molecular weight is 462 g/mol. The number of hydrogen-bond donors (Lipinski definition) is 1. The first kappa shape index (κ1) is 23.0. The molecule has 0 spiro atoms. The molecule has 6 nitrogen and oxygen atoms in total. The number of carboxylic acid groups (broad SMARTS) is 1. The van der Waals surface area contributed by atoms with Crippen molar-refractivity contribution in [2.45, 2.75) is 35.0 Å². The van der Waals surface area contributed by atoms with Gasteiger partial charge in [0.05, 0.1) is 4.90 Å². The van der Waals surface area contributed by atoms with E-state index in [1.165, 1.54) is 36.4 Å². The van der Waals surface area contributed by atoms with Crippen LogP contribution in [0.2, 0.25) is 0 Å². The van der Waals surface area contributed by atoms with Gasteiger partial charge in [-0.1, -0.05) is 24.3 Å². The third-order valence-corrected chi connectivity index (χ3v) is 7.57. The maximum atomic E-state index is 13.0. The Morgan fingerprint density at radius 3 is 1.94 bits per heavy atom. The molecule has 1 heterocycles. The van der Waals surface area contributed by atoms with E-state index in [0.29, 0.717) is 11.1 Å². The number of ether oxygens (including phenoxy) is 2. The van der Waals surface area contributed by atoms with E-state index in [2.05, 4.69) is 4.74 Å². The lowest BCUT2D eigenvalue weighted by Gasteiger charge is -2.32. The monoisotopic (exact) mass is 462 g/mol. The summed E-state index contributed by atoms with van der Waals surface area (Å²) in [5.41, 5.74) is 0.984. The third kappa shape index (κ3) is 4.38. The second-order valence-corrected chi connectivity index (χ2v) is 9.19. The van der Waals surface area contributed by atoms with Crippen LogP contribution in [0.25, 0.3) is 11.1 Å². The Bertz CT molecular complexity index is 1030. The van der Waals surface area contributed by atoms with E-state index in [1.807, 2.05) is 0 Å². The minimum absolute atomic E-state index is 0.0165. The number of rotatable bonds is 7. The average Bonchev–Trinajstić information content (AvgIpc) is 2.74. The van der Waals surface area contributed by atoms with Gasteiger partial charge in [0.15, 0.2) is 14.6 Å². The number of alkyl halides is 4. The number of sulfone groups is 1. The van der Waals surface area contributed by atoms with Gasteiger partial charge >= 0.3 is 18.5 Å². The van der Waals surface area contributed by atoms with Gasteiger partial charge in [-0.05, 0) is 35.4 Å². The molecule has 1 fully saturated rings. The highest BCUT2D eigenvalue weighted by atomic mass is 32.2. The molecule has 31 heavy (non-hydrogen) atoms. The molecule has 0 amide bonds. The SMILES string of the molecule is O=C(O)C1(S(=O)(=O)c2ccc(-c3ccc(OC(F)(F)C(F)F)cc3)cc2)CCOCC1. The highest BCUT2D eigenvalue weighted by Crippen LogP contribution is 2.36. The smallest absolute Gasteiger partial charge is 0.461 e. The lowest BCUT2D eigenvalue weighted by Crippen LogP contribution is -2.50. The summed E-state index contributed by atoms with van der Waals surface area (Å²) < 4.78 is 83.6. The first-order valence-corrected chi connectivity index (χ1v) is 10.6. The summed E-state index contributed by atoms with van der Waals surface area (Å²) in [6.45, 7) is 0.0330. The highest BCUT2D eigenvalue weighted by molar-refractivity contribution is 7.93. The maximum Gasteiger partial charge on any atom is 0.461 e. The van der Waals surface area contributed by atoms with Crippen LogP contribution in [0.4, 0.5) is 17.6 Å². The van der Waals surface area contributed by atoms with Crippen molar-refractivity contribution >= 4 is 15.8 Å². The topological polar surface area (TPSA) is 89.9 Å². The van der Waals surface area contributed by atoms with Crippen molar-refractivity contribution in [3.8, 4) is 16.9 Å². The Balaban J connectivity index is 1.84. The quantitative estimate of drug-likeness (QED) is 0.626. The van der Waals surface area contributed by atoms with Crippen LogP contribution in [0.5, 0.6) is 5.75 Å². The first-order valence-electron chi connectivity index (χ1n) is 9.11. The first-order chi connectivity index (χ1) is 14.5. The third-order valence-electron chi connectivity index (χ3n) is 5.06. The summed E-state index contributed by atoms with van der Waals surface area (Å²) >= 11 is 0. The predicted molar refractivity (Wildman–Crippen MR) is 101 cm³/mol. The zero-order chi connectivity index (χ0) is 22.9. The molecule has 0 saturated carbocycles. The van der Waals surface area contributed by atoms with Gasteiger partial charge in [0.25, 0.3) is 0 Å². The van der Waals surface area contributed by atoms with Crippen LogP contribution in [-0.2, 0) is 19.4 Å². The number of hydrogen-bond acceptors (Lipinski definition) is 5. The largest absolute Gasteiger partial charge is 0.480 e. The molecule has 1 saturated heterocycles. The van der Waals surface area contributed by atoms with Crippen LogP contribution >= 0.6 is 0 Å². The van der Waals surface area contributed by atoms with Crippen molar-refractivity contribution in [1.82, 2.24) is 0 Å². The van der Waals surface area contributed by atoms with E-state index in [-0.39, 0.29) is 31.0 Å². The summed E-state index contributed by atoms with van der Waals surface area (Å²) in [4.78, 5) is 11.6. The van der Waals surface area contributed by atoms with Gasteiger partial charge in [-0.2, -0.15) is 17.6 Å². The molecule has 0 radical (unpaired) electrons. The standard InChI is InChI=1S/C20H18F4O6S/c21-17(22)20(23,24)30-15-5-1-13(2-6-15)14-3-7-16(8-4-14)31(27,28)19(18(25)26)9-11-29-12-10-19/h1-8,17H,9-12H2,(H,25,26). The van der Waals surface area contributed by atoms with E-state index in [9.17, 15) is 35.9 Å². The fraction of sp³-hybridized carbons (Fsp3) is 0.350. The van der Waals surface area contributed by atoms with Crippen LogP contribution in [0, 0.1) is 0 Å². The molecular formula is C20H18F4O6S. The predicted octanol–water partition coefficient (Wildman–Crippen LogP) is 4.00. The minimum atomic E-state index is -4.62. The fourth-order valence-electron chi connectivity index (χ4n) is 3.27. The summed E-state index contributed by atoms with van der Waals surface area (Å²) in [5.74, 6) is -1.90. The zero-order valence-corrected chi connectivity index (χ0v) is 16.7. The molecule has 1 N–H and O–H groups in total. The van der Waals surface area contributed by atoms with Crippen molar-refractivity contribution in [2.75, 3.05) is 13.2 Å². The number of carboxylic acids is 1. The van der Waals surface area contributed by atoms with E-state index < -0.39 is 38.8 Å². The van der Waals surface area contributed by atoms with E-state index >= 15 is 0 Å². The van der Waals surface area contributed by atoms with Crippen molar-refractivity contribution in [3.63, 3.8) is 0 Å². The summed E-state index contributed by atoms with van der Waals surface area (Å²) in [6.07, 6.45) is -8.94. The lowest BCUT2D eigenvalue weighted by molar-refractivity contribution is -0.253. The zero-order valence-electron chi connectivity index (χ0n) is 15.9. The van der Waals surface area contributed by atoms with Crippen LogP contribution in [0.3, 0.4) is 0 Å². The number of aliphatic carboxylic acids is 1. The van der Waals surface area contributed by atoms with Crippen molar-refractivity contribution in [3.05, 3.63) is 48.5 Å². The Morgan fingerprint density at radius 2 is 1.48 bits per heavy atom. The van der Waals surface area contributed by atoms with Gasteiger partial charge in [0.1, 0.15) is 5.75 Å². The molecule has 1 aliphatic rings.